The lowest BCUT2D eigenvalue weighted by atomic mass is 9.90. The van der Waals surface area contributed by atoms with Crippen molar-refractivity contribution in [2.24, 2.45) is 0 Å². The second-order valence-corrected chi connectivity index (χ2v) is 11.9. The van der Waals surface area contributed by atoms with E-state index < -0.39 is 11.6 Å². The molecule has 4 aromatic rings. The third-order valence-corrected chi connectivity index (χ3v) is 8.42. The van der Waals surface area contributed by atoms with E-state index in [1.807, 2.05) is 50.2 Å². The summed E-state index contributed by atoms with van der Waals surface area (Å²) in [6, 6.07) is 11.0. The van der Waals surface area contributed by atoms with Crippen LogP contribution in [0.1, 0.15) is 46.3 Å². The zero-order valence-electron chi connectivity index (χ0n) is 20.8. The van der Waals surface area contributed by atoms with Crippen LogP contribution in [0, 0.1) is 13.8 Å². The average molecular weight is 643 g/mol. The summed E-state index contributed by atoms with van der Waals surface area (Å²) in [5, 5.41) is 20.5. The summed E-state index contributed by atoms with van der Waals surface area (Å²) < 4.78 is 9.36. The Hall–Kier alpha value is -3.02. The molecule has 2 amide bonds. The molecule has 2 aromatic carbocycles. The van der Waals surface area contributed by atoms with Crippen LogP contribution in [-0.4, -0.2) is 56.4 Å². The monoisotopic (exact) mass is 641 g/mol. The zero-order valence-corrected chi connectivity index (χ0v) is 24.0. The van der Waals surface area contributed by atoms with E-state index in [1.165, 1.54) is 9.58 Å². The Morgan fingerprint density at radius 1 is 1.13 bits per heavy atom. The van der Waals surface area contributed by atoms with Crippen molar-refractivity contribution in [1.29, 1.82) is 0 Å². The van der Waals surface area contributed by atoms with Crippen molar-refractivity contribution >= 4 is 60.3 Å². The molecule has 0 radical (unpaired) electrons. The fourth-order valence-corrected chi connectivity index (χ4v) is 6.14. The molecule has 2 aliphatic rings. The number of piperidine rings is 1. The van der Waals surface area contributed by atoms with Crippen molar-refractivity contribution in [3.8, 4) is 0 Å². The molecule has 0 saturated carbocycles. The molecule has 0 spiro atoms. The minimum atomic E-state index is -1.34. The highest BCUT2D eigenvalue weighted by Gasteiger charge is 2.48. The summed E-state index contributed by atoms with van der Waals surface area (Å²) in [4.78, 5) is 29.8. The van der Waals surface area contributed by atoms with Crippen LogP contribution in [0.25, 0.3) is 11.0 Å². The van der Waals surface area contributed by atoms with Crippen molar-refractivity contribution < 1.29 is 19.1 Å². The van der Waals surface area contributed by atoms with Gasteiger partial charge in [0.25, 0.3) is 11.8 Å². The summed E-state index contributed by atoms with van der Waals surface area (Å²) in [6.45, 7) is 4.56. The maximum atomic E-state index is 13.3. The smallest absolute Gasteiger partial charge is 0.290 e. The van der Waals surface area contributed by atoms with Crippen LogP contribution in [-0.2, 0) is 10.4 Å². The lowest BCUT2D eigenvalue weighted by Crippen LogP contribution is -2.61. The van der Waals surface area contributed by atoms with Crippen LogP contribution < -0.4 is 4.90 Å². The number of aromatic nitrogens is 3. The molecule has 2 fully saturated rings. The number of fused-ring (bicyclic) bond motifs is 1. The maximum absolute atomic E-state index is 13.3. The second kappa shape index (κ2) is 9.32. The van der Waals surface area contributed by atoms with E-state index in [2.05, 4.69) is 42.2 Å². The number of anilines is 1. The maximum Gasteiger partial charge on any atom is 0.290 e. The van der Waals surface area contributed by atoms with Gasteiger partial charge >= 0.3 is 0 Å². The molecule has 2 saturated heterocycles. The van der Waals surface area contributed by atoms with Gasteiger partial charge in [-0.3, -0.25) is 9.59 Å². The highest BCUT2D eigenvalue weighted by molar-refractivity contribution is 9.10. The van der Waals surface area contributed by atoms with Crippen molar-refractivity contribution in [2.75, 3.05) is 24.5 Å². The van der Waals surface area contributed by atoms with E-state index in [-0.39, 0.29) is 30.7 Å². The molecule has 2 aliphatic heterocycles. The minimum Gasteiger partial charge on any atom is -0.450 e. The Morgan fingerprint density at radius 2 is 1.87 bits per heavy atom. The number of carbonyl (C=O) groups is 2. The predicted molar refractivity (Wildman–Crippen MR) is 148 cm³/mol. The van der Waals surface area contributed by atoms with E-state index in [4.69, 9.17) is 4.42 Å². The SMILES string of the molecule is Cc1c(C(=O)N2CC(O)(c3cn(C4CCCN(c5ccc(Br)cc5)C4=O)nn3)C2)oc2c(C)cc(Br)cc12. The van der Waals surface area contributed by atoms with Crippen LogP contribution in [0.3, 0.4) is 0 Å². The molecule has 4 heterocycles. The minimum absolute atomic E-state index is 0.0604. The van der Waals surface area contributed by atoms with Crippen LogP contribution >= 0.6 is 31.9 Å². The van der Waals surface area contributed by atoms with Gasteiger partial charge in [-0.2, -0.15) is 0 Å². The van der Waals surface area contributed by atoms with Crippen LogP contribution in [0.5, 0.6) is 0 Å². The Morgan fingerprint density at radius 3 is 2.61 bits per heavy atom. The predicted octanol–water partition coefficient (Wildman–Crippen LogP) is 4.88. The highest BCUT2D eigenvalue weighted by atomic mass is 79.9. The Labute approximate surface area is 235 Å². The second-order valence-electron chi connectivity index (χ2n) is 10.1. The molecular formula is C27H25Br2N5O4. The van der Waals surface area contributed by atoms with Crippen LogP contribution in [0.4, 0.5) is 5.69 Å². The Balaban J connectivity index is 1.17. The summed E-state index contributed by atoms with van der Waals surface area (Å²) in [5.41, 5.74) is 2.22. The molecule has 6 rings (SSSR count). The number of halogens is 2. The van der Waals surface area contributed by atoms with Gasteiger partial charge in [-0.1, -0.05) is 37.1 Å². The third kappa shape index (κ3) is 4.17. The first-order valence-electron chi connectivity index (χ1n) is 12.3. The van der Waals surface area contributed by atoms with Gasteiger partial charge in [0, 0.05) is 32.1 Å². The average Bonchev–Trinajstić information content (AvgIpc) is 3.49. The molecule has 0 bridgehead atoms. The van der Waals surface area contributed by atoms with E-state index in [0.717, 1.165) is 37.6 Å². The topological polar surface area (TPSA) is 105 Å². The fraction of sp³-hybridized carbons (Fsp3) is 0.333. The lowest BCUT2D eigenvalue weighted by Gasteiger charge is -2.44. The standard InChI is InChI=1S/C27H25Br2N5O4/c1-15-10-18(29)11-20-16(2)24(38-23(15)20)26(36)32-13-27(37,14-32)22-12-34(31-30-22)21-4-3-9-33(25(21)35)19-7-5-17(28)6-8-19/h5-8,10-12,21,37H,3-4,9,13-14H2,1-2H3. The molecular weight excluding hydrogens is 618 g/mol. The molecule has 11 heteroatoms. The lowest BCUT2D eigenvalue weighted by molar-refractivity contribution is -0.123. The van der Waals surface area contributed by atoms with Gasteiger partial charge in [0.15, 0.2) is 5.76 Å². The third-order valence-electron chi connectivity index (χ3n) is 7.43. The number of hydrogen-bond acceptors (Lipinski definition) is 6. The zero-order chi connectivity index (χ0) is 26.8. The van der Waals surface area contributed by atoms with Gasteiger partial charge in [-0.15, -0.1) is 5.10 Å². The Kier molecular flexibility index (Phi) is 6.20. The van der Waals surface area contributed by atoms with Crippen LogP contribution in [0.15, 0.2) is 56.0 Å². The Bertz CT molecular complexity index is 1570. The van der Waals surface area contributed by atoms with Crippen molar-refractivity contribution in [1.82, 2.24) is 19.9 Å². The van der Waals surface area contributed by atoms with Crippen molar-refractivity contribution in [3.63, 3.8) is 0 Å². The number of aryl methyl sites for hydroxylation is 2. The number of aliphatic hydroxyl groups is 1. The van der Waals surface area contributed by atoms with E-state index >= 15 is 0 Å². The molecule has 0 aliphatic carbocycles. The molecule has 2 aromatic heterocycles. The molecule has 1 N–H and O–H groups in total. The first kappa shape index (κ1) is 25.3. The molecule has 196 valence electrons. The number of amides is 2. The van der Waals surface area contributed by atoms with Gasteiger partial charge < -0.3 is 19.3 Å². The number of furan rings is 1. The quantitative estimate of drug-likeness (QED) is 0.340. The number of likely N-dealkylation sites (tertiary alicyclic amines) is 1. The fourth-order valence-electron chi connectivity index (χ4n) is 5.30. The van der Waals surface area contributed by atoms with Crippen molar-refractivity contribution in [3.05, 3.63) is 74.1 Å². The number of rotatable bonds is 4. The van der Waals surface area contributed by atoms with Gasteiger partial charge in [-0.05, 0) is 68.7 Å². The molecule has 38 heavy (non-hydrogen) atoms. The van der Waals surface area contributed by atoms with Crippen molar-refractivity contribution in [2.45, 2.75) is 38.3 Å². The van der Waals surface area contributed by atoms with E-state index in [1.54, 1.807) is 11.1 Å². The molecule has 9 nitrogen and oxygen atoms in total. The van der Waals surface area contributed by atoms with Gasteiger partial charge in [0.05, 0.1) is 19.3 Å². The van der Waals surface area contributed by atoms with Gasteiger partial charge in [-0.25, -0.2) is 4.68 Å². The summed E-state index contributed by atoms with van der Waals surface area (Å²) in [7, 11) is 0. The van der Waals surface area contributed by atoms with E-state index in [9.17, 15) is 14.7 Å². The van der Waals surface area contributed by atoms with Gasteiger partial charge in [0.2, 0.25) is 0 Å². The van der Waals surface area contributed by atoms with E-state index in [0.29, 0.717) is 24.2 Å². The largest absolute Gasteiger partial charge is 0.450 e. The molecule has 1 atom stereocenters. The molecule has 1 unspecified atom stereocenters. The summed E-state index contributed by atoms with van der Waals surface area (Å²) in [6.07, 6.45) is 3.09. The first-order chi connectivity index (χ1) is 18.1. The van der Waals surface area contributed by atoms with Crippen LogP contribution in [0.2, 0.25) is 0 Å². The highest BCUT2D eigenvalue weighted by Crippen LogP contribution is 2.36. The number of β-amino-alcohol motifs (C(OH)–C–C–N with tert-alkyl or cyclic N) is 1. The number of benzene rings is 2. The number of nitrogens with zero attached hydrogens (tertiary/aromatic N) is 5. The summed E-state index contributed by atoms with van der Waals surface area (Å²) in [5.74, 6) is -0.0682. The number of hydrogen-bond donors (Lipinski definition) is 1. The number of carbonyl (C=O) groups excluding carboxylic acids is 2. The van der Waals surface area contributed by atoms with Gasteiger partial charge in [0.1, 0.15) is 22.9 Å². The first-order valence-corrected chi connectivity index (χ1v) is 13.9. The summed E-state index contributed by atoms with van der Waals surface area (Å²) >= 11 is 6.93. The normalized spacial score (nSPS) is 19.2.